The van der Waals surface area contributed by atoms with Crippen LogP contribution in [0.25, 0.3) is 0 Å². The summed E-state index contributed by atoms with van der Waals surface area (Å²) in [6.07, 6.45) is -3.25. The van der Waals surface area contributed by atoms with E-state index in [4.69, 9.17) is 10.5 Å². The number of carboxylic acids is 1. The third-order valence-electron chi connectivity index (χ3n) is 7.26. The number of carbonyl (C=O) groups is 6. The normalized spacial score (nSPS) is 18.1. The Kier molecular flexibility index (Phi) is 8.80. The smallest absolute Gasteiger partial charge is 0.410 e. The number of benzene rings is 1. The molecule has 2 aromatic rings. The van der Waals surface area contributed by atoms with Gasteiger partial charge in [-0.05, 0) is 19.4 Å². The molecule has 15 nitrogen and oxygen atoms in total. The third kappa shape index (κ3) is 5.40. The van der Waals surface area contributed by atoms with Crippen molar-refractivity contribution < 1.29 is 43.7 Å². The first-order chi connectivity index (χ1) is 20.4. The third-order valence-corrected chi connectivity index (χ3v) is 8.50. The highest BCUT2D eigenvalue weighted by Crippen LogP contribution is 2.47. The van der Waals surface area contributed by atoms with Crippen LogP contribution in [0.15, 0.2) is 41.6 Å². The average molecular weight is 615 g/mol. The van der Waals surface area contributed by atoms with Crippen molar-refractivity contribution in [1.29, 1.82) is 0 Å². The number of aromatic amines is 1. The predicted octanol–water partition coefficient (Wildman–Crippen LogP) is 1.33. The minimum atomic E-state index is -2.33. The second kappa shape index (κ2) is 12.2. The van der Waals surface area contributed by atoms with E-state index in [0.717, 1.165) is 11.8 Å². The van der Waals surface area contributed by atoms with Crippen molar-refractivity contribution in [1.82, 2.24) is 19.8 Å². The number of primary amides is 1. The van der Waals surface area contributed by atoms with Crippen molar-refractivity contribution >= 4 is 53.3 Å². The molecule has 0 aliphatic carbocycles. The van der Waals surface area contributed by atoms with Gasteiger partial charge in [0.15, 0.2) is 17.3 Å². The number of hydrogen-bond donors (Lipinski definition) is 5. The summed E-state index contributed by atoms with van der Waals surface area (Å²) < 4.78 is 5.72. The summed E-state index contributed by atoms with van der Waals surface area (Å²) in [5.41, 5.74) is 2.96. The number of rotatable bonds is 11. The molecule has 1 saturated heterocycles. The minimum Gasteiger partial charge on any atom is -0.477 e. The Balaban J connectivity index is 2.11. The van der Waals surface area contributed by atoms with E-state index in [1.54, 1.807) is 32.0 Å². The number of carboxylic acid groups (broad SMARTS) is 2. The number of thioether (sulfide) groups is 1. The highest BCUT2D eigenvalue weighted by molar-refractivity contribution is 8.00. The van der Waals surface area contributed by atoms with E-state index in [1.165, 1.54) is 28.8 Å². The molecule has 2 unspecified atom stereocenters. The topological polar surface area (TPSA) is 225 Å². The van der Waals surface area contributed by atoms with Gasteiger partial charge in [0, 0.05) is 31.3 Å². The van der Waals surface area contributed by atoms with Gasteiger partial charge in [0.1, 0.15) is 17.2 Å². The fraction of sp³-hybridized carbons (Fsp3) is 0.370. The predicted molar refractivity (Wildman–Crippen MR) is 152 cm³/mol. The van der Waals surface area contributed by atoms with Crippen LogP contribution in [-0.4, -0.2) is 96.1 Å². The van der Waals surface area contributed by atoms with Crippen molar-refractivity contribution in [2.24, 2.45) is 5.73 Å². The Hall–Kier alpha value is -4.86. The first kappa shape index (κ1) is 31.1. The van der Waals surface area contributed by atoms with Gasteiger partial charge in [0.25, 0.3) is 5.91 Å². The van der Waals surface area contributed by atoms with Crippen molar-refractivity contribution in [2.75, 3.05) is 24.2 Å². The molecule has 16 heteroatoms. The number of imidazole rings is 1. The van der Waals surface area contributed by atoms with Crippen LogP contribution in [0.2, 0.25) is 0 Å². The maximum Gasteiger partial charge on any atom is 0.410 e. The lowest BCUT2D eigenvalue weighted by atomic mass is 9.71. The Labute approximate surface area is 249 Å². The van der Waals surface area contributed by atoms with Crippen LogP contribution in [0, 0.1) is 0 Å². The highest BCUT2D eigenvalue weighted by atomic mass is 32.2. The lowest BCUT2D eigenvalue weighted by Gasteiger charge is -2.47. The van der Waals surface area contributed by atoms with Crippen molar-refractivity contribution in [2.45, 2.75) is 44.1 Å². The summed E-state index contributed by atoms with van der Waals surface area (Å²) in [7, 11) is 0. The van der Waals surface area contributed by atoms with Gasteiger partial charge >= 0.3 is 18.0 Å². The quantitative estimate of drug-likeness (QED) is 0.179. The molecule has 0 radical (unpaired) electrons. The van der Waals surface area contributed by atoms with Crippen molar-refractivity contribution in [3.05, 3.63) is 58.7 Å². The number of H-pyrrole nitrogens is 1. The van der Waals surface area contributed by atoms with E-state index < -0.39 is 70.0 Å². The zero-order valence-corrected chi connectivity index (χ0v) is 24.3. The lowest BCUT2D eigenvalue weighted by molar-refractivity contribution is -0.150. The summed E-state index contributed by atoms with van der Waals surface area (Å²) >= 11 is 1.21. The van der Waals surface area contributed by atoms with E-state index in [0.29, 0.717) is 0 Å². The van der Waals surface area contributed by atoms with Gasteiger partial charge in [0.2, 0.25) is 11.8 Å². The minimum absolute atomic E-state index is 0.0674. The zero-order chi connectivity index (χ0) is 31.6. The number of aromatic nitrogens is 2. The second-order valence-electron chi connectivity index (χ2n) is 9.66. The maximum absolute atomic E-state index is 13.8. The number of amides is 4. The van der Waals surface area contributed by atoms with E-state index in [2.05, 4.69) is 15.3 Å². The molecule has 1 aromatic heterocycles. The first-order valence-electron chi connectivity index (χ1n) is 13.2. The Morgan fingerprint density at radius 2 is 1.86 bits per heavy atom. The molecule has 4 amide bonds. The van der Waals surface area contributed by atoms with Crippen LogP contribution >= 0.6 is 11.8 Å². The number of fused-ring (bicyclic) bond motifs is 1. The zero-order valence-electron chi connectivity index (χ0n) is 23.4. The largest absolute Gasteiger partial charge is 0.477 e. The monoisotopic (exact) mass is 614 g/mol. The Morgan fingerprint density at radius 3 is 2.37 bits per heavy atom. The number of β-lactam (4-membered cyclic amide) rings is 1. The average Bonchev–Trinajstić information content (AvgIpc) is 3.35. The molecule has 2 aliphatic rings. The van der Waals surface area contributed by atoms with Crippen molar-refractivity contribution in [3.63, 3.8) is 0 Å². The molecule has 0 saturated carbocycles. The molecule has 3 atom stereocenters. The second-order valence-corrected chi connectivity index (χ2v) is 10.8. The summed E-state index contributed by atoms with van der Waals surface area (Å²) in [5.74, 6) is -5.62. The van der Waals surface area contributed by atoms with E-state index >= 15 is 0 Å². The molecule has 228 valence electrons. The van der Waals surface area contributed by atoms with Crippen LogP contribution in [0.3, 0.4) is 0 Å². The van der Waals surface area contributed by atoms with Gasteiger partial charge in [-0.25, -0.2) is 14.6 Å². The number of nitrogens with two attached hydrogens (primary N) is 1. The molecule has 4 rings (SSSR count). The number of hydrogen-bond acceptors (Lipinski definition) is 9. The van der Waals surface area contributed by atoms with Crippen LogP contribution in [0.5, 0.6) is 0 Å². The van der Waals surface area contributed by atoms with Gasteiger partial charge in [0.05, 0.1) is 11.8 Å². The van der Waals surface area contributed by atoms with E-state index in [9.17, 15) is 39.0 Å². The summed E-state index contributed by atoms with van der Waals surface area (Å²) in [6.45, 7) is 4.98. The van der Waals surface area contributed by atoms with Crippen LogP contribution < -0.4 is 11.1 Å². The number of ether oxygens (including phenoxy) is 1. The van der Waals surface area contributed by atoms with Gasteiger partial charge in [-0.1, -0.05) is 30.3 Å². The SMILES string of the molecule is CCN(CC)C(=O)c1[nH]c(C(C(N)=O)(c2ccccc2)C(OC(C)=O)C2=C(C(=O)O)N3C(=O)C[C@H]3SC2)nc1NC(=O)O. The van der Waals surface area contributed by atoms with E-state index in [-0.39, 0.29) is 42.1 Å². The number of anilines is 1. The molecule has 0 bridgehead atoms. The Morgan fingerprint density at radius 1 is 1.21 bits per heavy atom. The van der Waals surface area contributed by atoms with Gasteiger partial charge in [-0.15, -0.1) is 11.8 Å². The molecule has 0 spiro atoms. The number of aliphatic carboxylic acids is 1. The van der Waals surface area contributed by atoms with E-state index in [1.807, 2.05) is 0 Å². The van der Waals surface area contributed by atoms with Crippen molar-refractivity contribution in [3.8, 4) is 0 Å². The van der Waals surface area contributed by atoms with Crippen LogP contribution in [-0.2, 0) is 29.3 Å². The lowest BCUT2D eigenvalue weighted by Crippen LogP contribution is -2.59. The molecule has 3 heterocycles. The number of nitrogens with one attached hydrogen (secondary N) is 2. The van der Waals surface area contributed by atoms with Gasteiger partial charge < -0.3 is 30.6 Å². The highest BCUT2D eigenvalue weighted by Gasteiger charge is 2.57. The molecular weight excluding hydrogens is 584 g/mol. The first-order valence-corrected chi connectivity index (χ1v) is 14.2. The van der Waals surface area contributed by atoms with Gasteiger partial charge in [-0.3, -0.25) is 29.4 Å². The number of carbonyl (C=O) groups excluding carboxylic acids is 4. The molecule has 1 fully saturated rings. The summed E-state index contributed by atoms with van der Waals surface area (Å²) in [6, 6.07) is 7.67. The molecule has 6 N–H and O–H groups in total. The summed E-state index contributed by atoms with van der Waals surface area (Å²) in [5, 5.41) is 21.4. The number of esters is 1. The maximum atomic E-state index is 13.8. The summed E-state index contributed by atoms with van der Waals surface area (Å²) in [4.78, 5) is 86.2. The molecule has 2 aliphatic heterocycles. The van der Waals surface area contributed by atoms with Gasteiger partial charge in [-0.2, -0.15) is 0 Å². The number of nitrogens with zero attached hydrogens (tertiary/aromatic N) is 3. The molecule has 43 heavy (non-hydrogen) atoms. The van der Waals surface area contributed by atoms with Crippen LogP contribution in [0.1, 0.15) is 49.1 Å². The standard InChI is InChI=1S/C27H30N6O9S/c1-4-32(5-2)22(36)18-21(31-26(40)41)30-25(29-18)27(24(28)39,14-9-7-6-8-10-14)20(42-13(3)34)15-12-43-17-11-16(35)33(17)19(15)23(37)38/h6-10,17,20,31H,4-5,11-12H2,1-3H3,(H2,28,39)(H,29,30)(H,37,38)(H,40,41)/t17-,20?,27?/m1/s1. The fourth-order valence-electron chi connectivity index (χ4n) is 5.30. The molecular formula is C27H30N6O9S. The Bertz CT molecular complexity index is 1520. The fourth-order valence-corrected chi connectivity index (χ4v) is 6.59. The molecule has 1 aromatic carbocycles. The van der Waals surface area contributed by atoms with Crippen LogP contribution in [0.4, 0.5) is 10.6 Å².